The number of fused-ring (bicyclic) bond motifs is 1. The minimum absolute atomic E-state index is 0.164. The Kier molecular flexibility index (Phi) is 5.62. The molecule has 1 amide bonds. The molecule has 0 atom stereocenters. The number of nitrogens with zero attached hydrogens (tertiary/aromatic N) is 3. The summed E-state index contributed by atoms with van der Waals surface area (Å²) in [5.74, 6) is -2.46. The first-order valence-corrected chi connectivity index (χ1v) is 8.50. The van der Waals surface area contributed by atoms with Gasteiger partial charge in [0.15, 0.2) is 0 Å². The highest BCUT2D eigenvalue weighted by molar-refractivity contribution is 5.92. The molecular weight excluding hydrogens is 395 g/mol. The number of benzene rings is 1. The number of nitrogens with two attached hydrogens (primary N) is 1. The molecule has 0 fully saturated rings. The van der Waals surface area contributed by atoms with Crippen molar-refractivity contribution in [2.45, 2.75) is 25.6 Å². The van der Waals surface area contributed by atoms with Gasteiger partial charge in [-0.1, -0.05) is 0 Å². The third kappa shape index (κ3) is 4.95. The molecule has 0 radical (unpaired) electrons. The highest BCUT2D eigenvalue weighted by atomic mass is 19.4. The molecule has 1 aliphatic rings. The minimum atomic E-state index is -4.42. The van der Waals surface area contributed by atoms with E-state index in [0.717, 1.165) is 43.3 Å². The van der Waals surface area contributed by atoms with Crippen molar-refractivity contribution < 1.29 is 26.7 Å². The van der Waals surface area contributed by atoms with Crippen molar-refractivity contribution in [3.8, 4) is 11.3 Å². The lowest BCUT2D eigenvalue weighted by Gasteiger charge is -2.06. The van der Waals surface area contributed by atoms with Crippen LogP contribution in [-0.2, 0) is 19.1 Å². The Bertz CT molecular complexity index is 1000. The number of primary amides is 1. The van der Waals surface area contributed by atoms with Crippen LogP contribution in [0, 0.1) is 11.6 Å². The summed E-state index contributed by atoms with van der Waals surface area (Å²) in [6, 6.07) is 6.87. The van der Waals surface area contributed by atoms with E-state index in [4.69, 9.17) is 5.73 Å². The Labute approximate surface area is 162 Å². The molecule has 3 aromatic rings. The van der Waals surface area contributed by atoms with Gasteiger partial charge in [-0.2, -0.15) is 18.3 Å². The Balaban J connectivity index is 0.000000188. The van der Waals surface area contributed by atoms with Crippen molar-refractivity contribution >= 4 is 5.91 Å². The highest BCUT2D eigenvalue weighted by Gasteiger charge is 2.32. The summed E-state index contributed by atoms with van der Waals surface area (Å²) in [5.41, 5.74) is 5.85. The second-order valence-corrected chi connectivity index (χ2v) is 6.30. The van der Waals surface area contributed by atoms with E-state index < -0.39 is 29.4 Å². The Morgan fingerprint density at radius 2 is 1.76 bits per heavy atom. The van der Waals surface area contributed by atoms with Crippen molar-refractivity contribution in [1.29, 1.82) is 0 Å². The maximum Gasteiger partial charge on any atom is 0.433 e. The molecule has 152 valence electrons. The van der Waals surface area contributed by atoms with Crippen LogP contribution in [0.25, 0.3) is 11.3 Å². The Hall–Kier alpha value is -3.30. The van der Waals surface area contributed by atoms with Gasteiger partial charge in [0.25, 0.3) is 0 Å². The van der Waals surface area contributed by atoms with Crippen LogP contribution in [0.1, 0.15) is 28.2 Å². The fourth-order valence-electron chi connectivity index (χ4n) is 2.84. The summed E-state index contributed by atoms with van der Waals surface area (Å²) in [6.45, 7) is 0.840. The van der Waals surface area contributed by atoms with Crippen LogP contribution in [0.5, 0.6) is 0 Å². The molecule has 1 aliphatic heterocycles. The minimum Gasteiger partial charge on any atom is -0.366 e. The Morgan fingerprint density at radius 3 is 2.34 bits per heavy atom. The van der Waals surface area contributed by atoms with E-state index in [-0.39, 0.29) is 5.56 Å². The van der Waals surface area contributed by atoms with Gasteiger partial charge in [-0.25, -0.2) is 8.78 Å². The number of halogens is 5. The predicted molar refractivity (Wildman–Crippen MR) is 93.7 cm³/mol. The zero-order valence-electron chi connectivity index (χ0n) is 14.9. The summed E-state index contributed by atoms with van der Waals surface area (Å²) >= 11 is 0. The second kappa shape index (κ2) is 7.98. The first kappa shape index (κ1) is 20.4. The van der Waals surface area contributed by atoms with Crippen molar-refractivity contribution in [1.82, 2.24) is 14.8 Å². The monoisotopic (exact) mass is 410 g/mol. The van der Waals surface area contributed by atoms with Gasteiger partial charge in [0.1, 0.15) is 17.3 Å². The molecule has 3 heterocycles. The van der Waals surface area contributed by atoms with Gasteiger partial charge in [-0.3, -0.25) is 14.5 Å². The molecule has 0 aliphatic carbocycles. The molecular formula is C19H15F5N4O. The molecule has 4 rings (SSSR count). The summed E-state index contributed by atoms with van der Waals surface area (Å²) in [5, 5.41) is 4.31. The SMILES string of the molecule is FC(F)(F)c1cc(-c2cc3n(n2)CCC3)ccn1.NC(=O)c1cc(F)cc(F)c1. The molecule has 5 nitrogen and oxygen atoms in total. The lowest BCUT2D eigenvalue weighted by molar-refractivity contribution is -0.141. The number of hydrogen-bond donors (Lipinski definition) is 1. The molecule has 10 heteroatoms. The average Bonchev–Trinajstić information content (AvgIpc) is 3.23. The quantitative estimate of drug-likeness (QED) is 0.650. The van der Waals surface area contributed by atoms with Crippen LogP contribution < -0.4 is 5.73 Å². The highest BCUT2D eigenvalue weighted by Crippen LogP contribution is 2.30. The number of carbonyl (C=O) groups is 1. The van der Waals surface area contributed by atoms with Gasteiger partial charge in [-0.15, -0.1) is 0 Å². The van der Waals surface area contributed by atoms with Crippen molar-refractivity contribution in [2.24, 2.45) is 5.73 Å². The van der Waals surface area contributed by atoms with E-state index in [1.54, 1.807) is 6.07 Å². The zero-order chi connectivity index (χ0) is 21.2. The summed E-state index contributed by atoms with van der Waals surface area (Å²) < 4.78 is 64.2. The second-order valence-electron chi connectivity index (χ2n) is 6.30. The zero-order valence-corrected chi connectivity index (χ0v) is 14.9. The van der Waals surface area contributed by atoms with Crippen molar-refractivity contribution in [3.05, 3.63) is 71.2 Å². The third-order valence-electron chi connectivity index (χ3n) is 4.16. The summed E-state index contributed by atoms with van der Waals surface area (Å²) in [7, 11) is 0. The van der Waals surface area contributed by atoms with Crippen LogP contribution in [0.2, 0.25) is 0 Å². The molecule has 0 spiro atoms. The first-order valence-electron chi connectivity index (χ1n) is 8.50. The topological polar surface area (TPSA) is 73.8 Å². The number of aromatic nitrogens is 3. The lowest BCUT2D eigenvalue weighted by atomic mass is 10.1. The maximum atomic E-state index is 12.6. The molecule has 0 saturated carbocycles. The molecule has 2 aromatic heterocycles. The normalized spacial score (nSPS) is 12.9. The average molecular weight is 410 g/mol. The van der Waals surface area contributed by atoms with Crippen LogP contribution in [0.15, 0.2) is 42.6 Å². The molecule has 0 unspecified atom stereocenters. The van der Waals surface area contributed by atoms with Gasteiger partial charge < -0.3 is 5.73 Å². The molecule has 0 bridgehead atoms. The number of carbonyl (C=O) groups excluding carboxylic acids is 1. The number of alkyl halides is 3. The number of rotatable bonds is 2. The predicted octanol–water partition coefficient (Wildman–Crippen LogP) is 3.97. The molecule has 0 saturated heterocycles. The van der Waals surface area contributed by atoms with Crippen LogP contribution in [0.4, 0.5) is 22.0 Å². The fraction of sp³-hybridized carbons (Fsp3) is 0.211. The lowest BCUT2D eigenvalue weighted by Crippen LogP contribution is -2.11. The smallest absolute Gasteiger partial charge is 0.366 e. The van der Waals surface area contributed by atoms with Crippen molar-refractivity contribution in [3.63, 3.8) is 0 Å². The van der Waals surface area contributed by atoms with Crippen molar-refractivity contribution in [2.75, 3.05) is 0 Å². The third-order valence-corrected chi connectivity index (χ3v) is 4.16. The van der Waals surface area contributed by atoms with E-state index in [9.17, 15) is 26.7 Å². The maximum absolute atomic E-state index is 12.6. The fourth-order valence-corrected chi connectivity index (χ4v) is 2.84. The van der Waals surface area contributed by atoms with Gasteiger partial charge in [0.05, 0.1) is 5.69 Å². The summed E-state index contributed by atoms with van der Waals surface area (Å²) in [4.78, 5) is 13.7. The largest absolute Gasteiger partial charge is 0.433 e. The van der Waals surface area contributed by atoms with Gasteiger partial charge in [0.2, 0.25) is 5.91 Å². The van der Waals surface area contributed by atoms with Crippen LogP contribution >= 0.6 is 0 Å². The standard InChI is InChI=1S/C12H10F3N3.C7H5F2NO/c13-12(14,15)11-6-8(3-4-16-11)10-7-9-2-1-5-18(9)17-10;8-5-1-4(7(10)11)2-6(9)3-5/h3-4,6-7H,1-2,5H2;1-3H,(H2,10,11). The molecule has 29 heavy (non-hydrogen) atoms. The van der Waals surface area contributed by atoms with E-state index >= 15 is 0 Å². The van der Waals surface area contributed by atoms with E-state index in [0.29, 0.717) is 17.3 Å². The van der Waals surface area contributed by atoms with Crippen LogP contribution in [-0.4, -0.2) is 20.7 Å². The van der Waals surface area contributed by atoms with Gasteiger partial charge >= 0.3 is 6.18 Å². The first-order chi connectivity index (χ1) is 13.6. The van der Waals surface area contributed by atoms with E-state index in [2.05, 4.69) is 10.1 Å². The van der Waals surface area contributed by atoms with E-state index in [1.165, 1.54) is 6.20 Å². The number of aryl methyl sites for hydroxylation is 2. The molecule has 1 aromatic carbocycles. The van der Waals surface area contributed by atoms with E-state index in [1.807, 2.05) is 10.7 Å². The van der Waals surface area contributed by atoms with Crippen LogP contribution in [0.3, 0.4) is 0 Å². The molecule has 2 N–H and O–H groups in total. The Morgan fingerprint density at radius 1 is 1.07 bits per heavy atom. The number of hydrogen-bond acceptors (Lipinski definition) is 3. The van der Waals surface area contributed by atoms with Gasteiger partial charge in [0, 0.05) is 35.6 Å². The number of pyridine rings is 1. The number of amides is 1. The summed E-state index contributed by atoms with van der Waals surface area (Å²) in [6.07, 6.45) is -1.27. The van der Waals surface area contributed by atoms with Gasteiger partial charge in [-0.05, 0) is 43.2 Å².